The van der Waals surface area contributed by atoms with Gasteiger partial charge in [-0.1, -0.05) is 13.3 Å². The van der Waals surface area contributed by atoms with Gasteiger partial charge in [-0.15, -0.1) is 11.3 Å². The summed E-state index contributed by atoms with van der Waals surface area (Å²) in [7, 11) is 0. The van der Waals surface area contributed by atoms with Crippen LogP contribution in [0.2, 0.25) is 0 Å². The minimum absolute atomic E-state index is 0.0641. The molecule has 0 spiro atoms. The summed E-state index contributed by atoms with van der Waals surface area (Å²) in [5, 5.41) is 4.58. The molecule has 5 heteroatoms. The van der Waals surface area contributed by atoms with E-state index in [0.717, 1.165) is 12.8 Å². The van der Waals surface area contributed by atoms with Crippen LogP contribution < -0.4 is 11.1 Å². The Bertz CT molecular complexity index is 274. The van der Waals surface area contributed by atoms with Crippen LogP contribution in [0.15, 0.2) is 10.9 Å². The first-order valence-corrected chi connectivity index (χ1v) is 5.61. The van der Waals surface area contributed by atoms with Crippen molar-refractivity contribution < 1.29 is 4.79 Å². The number of amides is 1. The number of nitrogens with two attached hydrogens (primary N) is 1. The number of nitrogens with one attached hydrogen (secondary N) is 1. The van der Waals surface area contributed by atoms with Crippen molar-refractivity contribution >= 4 is 17.2 Å². The Kier molecular flexibility index (Phi) is 4.55. The van der Waals surface area contributed by atoms with Gasteiger partial charge in [0.05, 0.1) is 5.51 Å². The third-order valence-corrected chi connectivity index (χ3v) is 2.51. The van der Waals surface area contributed by atoms with Crippen molar-refractivity contribution in [1.82, 2.24) is 10.3 Å². The lowest BCUT2D eigenvalue weighted by Crippen LogP contribution is -2.40. The second kappa shape index (κ2) is 5.72. The minimum Gasteiger partial charge on any atom is -0.347 e. The Labute approximate surface area is 87.5 Å². The van der Waals surface area contributed by atoms with Crippen LogP contribution in [0.1, 0.15) is 30.3 Å². The van der Waals surface area contributed by atoms with Gasteiger partial charge < -0.3 is 11.1 Å². The van der Waals surface area contributed by atoms with E-state index in [2.05, 4.69) is 17.2 Å². The fourth-order valence-electron chi connectivity index (χ4n) is 1.18. The van der Waals surface area contributed by atoms with E-state index < -0.39 is 0 Å². The monoisotopic (exact) mass is 213 g/mol. The maximum absolute atomic E-state index is 11.5. The van der Waals surface area contributed by atoms with Crippen molar-refractivity contribution in [2.45, 2.75) is 25.8 Å². The molecule has 78 valence electrons. The minimum atomic E-state index is -0.129. The van der Waals surface area contributed by atoms with Gasteiger partial charge in [0.1, 0.15) is 5.69 Å². The third-order valence-electron chi connectivity index (χ3n) is 1.92. The number of nitrogens with zero attached hydrogens (tertiary/aromatic N) is 1. The molecular formula is C9H15N3OS. The van der Waals surface area contributed by atoms with Gasteiger partial charge in [0.25, 0.3) is 5.91 Å². The van der Waals surface area contributed by atoms with Crippen molar-refractivity contribution in [3.63, 3.8) is 0 Å². The van der Waals surface area contributed by atoms with E-state index in [1.54, 1.807) is 10.9 Å². The Hall–Kier alpha value is -0.940. The fraction of sp³-hybridized carbons (Fsp3) is 0.556. The molecule has 0 aliphatic carbocycles. The molecule has 0 bridgehead atoms. The van der Waals surface area contributed by atoms with Gasteiger partial charge in [-0.3, -0.25) is 4.79 Å². The summed E-state index contributed by atoms with van der Waals surface area (Å²) >= 11 is 1.41. The van der Waals surface area contributed by atoms with Crippen LogP contribution in [-0.2, 0) is 0 Å². The number of thiazole rings is 1. The molecule has 3 N–H and O–H groups in total. The lowest BCUT2D eigenvalue weighted by molar-refractivity contribution is 0.0932. The molecule has 0 radical (unpaired) electrons. The van der Waals surface area contributed by atoms with Crippen molar-refractivity contribution in [2.75, 3.05) is 6.54 Å². The number of carbonyl (C=O) groups is 1. The molecule has 1 heterocycles. The average Bonchev–Trinajstić information content (AvgIpc) is 2.69. The summed E-state index contributed by atoms with van der Waals surface area (Å²) in [5.41, 5.74) is 7.65. The smallest absolute Gasteiger partial charge is 0.271 e. The summed E-state index contributed by atoms with van der Waals surface area (Å²) in [6.45, 7) is 2.54. The van der Waals surface area contributed by atoms with Crippen molar-refractivity contribution in [3.8, 4) is 0 Å². The molecule has 0 aliphatic rings. The Morgan fingerprint density at radius 1 is 1.79 bits per heavy atom. The number of hydrogen-bond acceptors (Lipinski definition) is 4. The molecule has 1 aromatic heterocycles. The predicted molar refractivity (Wildman–Crippen MR) is 57.3 cm³/mol. The molecule has 0 fully saturated rings. The zero-order valence-corrected chi connectivity index (χ0v) is 9.01. The number of carbonyl (C=O) groups excluding carboxylic acids is 1. The third kappa shape index (κ3) is 3.08. The average molecular weight is 213 g/mol. The van der Waals surface area contributed by atoms with Crippen LogP contribution in [0, 0.1) is 0 Å². The standard InChI is InChI=1S/C9H15N3OS/c1-2-3-7(4-10)12-9(13)8-5-14-6-11-8/h5-7H,2-4,10H2,1H3,(H,12,13). The van der Waals surface area contributed by atoms with Crippen molar-refractivity contribution in [3.05, 3.63) is 16.6 Å². The first-order chi connectivity index (χ1) is 6.77. The summed E-state index contributed by atoms with van der Waals surface area (Å²) in [6, 6.07) is 0.0641. The number of rotatable bonds is 5. The van der Waals surface area contributed by atoms with Crippen molar-refractivity contribution in [2.24, 2.45) is 5.73 Å². The Morgan fingerprint density at radius 3 is 3.07 bits per heavy atom. The van der Waals surface area contributed by atoms with Gasteiger partial charge >= 0.3 is 0 Å². The SMILES string of the molecule is CCCC(CN)NC(=O)c1cscn1. The molecule has 1 aromatic rings. The van der Waals surface area contributed by atoms with Crippen LogP contribution in [0.5, 0.6) is 0 Å². The lowest BCUT2D eigenvalue weighted by Gasteiger charge is -2.14. The van der Waals surface area contributed by atoms with Gasteiger partial charge in [-0.2, -0.15) is 0 Å². The fourth-order valence-corrected chi connectivity index (χ4v) is 1.71. The highest BCUT2D eigenvalue weighted by molar-refractivity contribution is 7.07. The molecule has 14 heavy (non-hydrogen) atoms. The van der Waals surface area contributed by atoms with Gasteiger partial charge in [0.2, 0.25) is 0 Å². The first kappa shape index (κ1) is 11.1. The second-order valence-corrected chi connectivity index (χ2v) is 3.79. The zero-order chi connectivity index (χ0) is 10.4. The van der Waals surface area contributed by atoms with E-state index in [1.807, 2.05) is 0 Å². The molecule has 1 unspecified atom stereocenters. The van der Waals surface area contributed by atoms with Gasteiger partial charge in [-0.05, 0) is 6.42 Å². The normalized spacial score (nSPS) is 12.4. The van der Waals surface area contributed by atoms with E-state index in [1.165, 1.54) is 11.3 Å². The van der Waals surface area contributed by atoms with E-state index >= 15 is 0 Å². The predicted octanol–water partition coefficient (Wildman–Crippen LogP) is 1.00. The molecular weight excluding hydrogens is 198 g/mol. The van der Waals surface area contributed by atoms with Crippen LogP contribution in [0.4, 0.5) is 0 Å². The molecule has 1 atom stereocenters. The van der Waals surface area contributed by atoms with Crippen LogP contribution in [-0.4, -0.2) is 23.5 Å². The van der Waals surface area contributed by atoms with Crippen molar-refractivity contribution in [1.29, 1.82) is 0 Å². The maximum atomic E-state index is 11.5. The van der Waals surface area contributed by atoms with E-state index in [9.17, 15) is 4.79 Å². The van der Waals surface area contributed by atoms with Crippen LogP contribution in [0.25, 0.3) is 0 Å². The van der Waals surface area contributed by atoms with E-state index in [4.69, 9.17) is 5.73 Å². The lowest BCUT2D eigenvalue weighted by atomic mass is 10.1. The molecule has 1 rings (SSSR count). The zero-order valence-electron chi connectivity index (χ0n) is 8.19. The molecule has 1 amide bonds. The van der Waals surface area contributed by atoms with E-state index in [-0.39, 0.29) is 11.9 Å². The maximum Gasteiger partial charge on any atom is 0.271 e. The van der Waals surface area contributed by atoms with Gasteiger partial charge in [0.15, 0.2) is 0 Å². The quantitative estimate of drug-likeness (QED) is 0.766. The topological polar surface area (TPSA) is 68.0 Å². The summed E-state index contributed by atoms with van der Waals surface area (Å²) in [5.74, 6) is -0.129. The largest absolute Gasteiger partial charge is 0.347 e. The van der Waals surface area contributed by atoms with Crippen LogP contribution >= 0.6 is 11.3 Å². The highest BCUT2D eigenvalue weighted by atomic mass is 32.1. The van der Waals surface area contributed by atoms with Crippen LogP contribution in [0.3, 0.4) is 0 Å². The second-order valence-electron chi connectivity index (χ2n) is 3.07. The molecule has 0 saturated heterocycles. The molecule has 0 aromatic carbocycles. The molecule has 4 nitrogen and oxygen atoms in total. The summed E-state index contributed by atoms with van der Waals surface area (Å²) in [4.78, 5) is 15.5. The number of hydrogen-bond donors (Lipinski definition) is 2. The Morgan fingerprint density at radius 2 is 2.57 bits per heavy atom. The van der Waals surface area contributed by atoms with Gasteiger partial charge in [0, 0.05) is 18.0 Å². The highest BCUT2D eigenvalue weighted by Gasteiger charge is 2.12. The Balaban J connectivity index is 2.47. The van der Waals surface area contributed by atoms with Gasteiger partial charge in [-0.25, -0.2) is 4.98 Å². The molecule has 0 saturated carbocycles. The molecule has 0 aliphatic heterocycles. The highest BCUT2D eigenvalue weighted by Crippen LogP contribution is 2.02. The number of aromatic nitrogens is 1. The summed E-state index contributed by atoms with van der Waals surface area (Å²) in [6.07, 6.45) is 1.92. The first-order valence-electron chi connectivity index (χ1n) is 4.67. The van der Waals surface area contributed by atoms with E-state index in [0.29, 0.717) is 12.2 Å². The summed E-state index contributed by atoms with van der Waals surface area (Å²) < 4.78 is 0.